The maximum atomic E-state index is 12.6. The lowest BCUT2D eigenvalue weighted by atomic mass is 9.99. The number of nitrogens with one attached hydrogen (secondary N) is 3. The van der Waals surface area contributed by atoms with Gasteiger partial charge in [0.15, 0.2) is 5.69 Å². The summed E-state index contributed by atoms with van der Waals surface area (Å²) >= 11 is 0. The number of aryl methyl sites for hydroxylation is 1. The second-order valence-corrected chi connectivity index (χ2v) is 8.69. The molecule has 0 unspecified atom stereocenters. The van der Waals surface area contributed by atoms with E-state index in [2.05, 4.69) is 54.4 Å². The molecule has 0 radical (unpaired) electrons. The molecule has 5 heterocycles. The minimum absolute atomic E-state index is 0.251. The number of aromatic amines is 2. The number of amides is 1. The van der Waals surface area contributed by atoms with Crippen LogP contribution in [0.1, 0.15) is 41.5 Å². The molecule has 4 aromatic rings. The Balaban J connectivity index is 1.38. The number of carbonyl (C=O) groups excluding carboxylic acids is 1. The van der Waals surface area contributed by atoms with Crippen molar-refractivity contribution in [3.05, 3.63) is 53.6 Å². The van der Waals surface area contributed by atoms with Crippen molar-refractivity contribution >= 4 is 28.4 Å². The van der Waals surface area contributed by atoms with Crippen molar-refractivity contribution in [2.45, 2.75) is 33.6 Å². The molecule has 5 rings (SSSR count). The minimum atomic E-state index is -0.251. The molecule has 1 aliphatic heterocycles. The summed E-state index contributed by atoms with van der Waals surface area (Å²) in [6, 6.07) is 8.11. The van der Waals surface area contributed by atoms with E-state index in [1.807, 2.05) is 32.2 Å². The number of rotatable bonds is 4. The maximum absolute atomic E-state index is 12.6. The molecule has 0 bridgehead atoms. The summed E-state index contributed by atoms with van der Waals surface area (Å²) in [6.07, 6.45) is 5.92. The van der Waals surface area contributed by atoms with Crippen molar-refractivity contribution < 1.29 is 4.79 Å². The van der Waals surface area contributed by atoms with Crippen LogP contribution in [0.25, 0.3) is 22.3 Å². The molecule has 0 spiro atoms. The predicted molar refractivity (Wildman–Crippen MR) is 126 cm³/mol. The Morgan fingerprint density at radius 1 is 1.16 bits per heavy atom. The molecule has 0 aliphatic carbocycles. The van der Waals surface area contributed by atoms with Gasteiger partial charge in [0.05, 0.1) is 11.9 Å². The Hall–Kier alpha value is -3.68. The SMILES string of the molecule is Cc1[nH]nc(C(=O)Nc2cnc3[nH]c(-c4ccnc(N5CCC(C)CC5)c4)cc3c2)c1C. The van der Waals surface area contributed by atoms with Crippen LogP contribution in [0, 0.1) is 19.8 Å². The van der Waals surface area contributed by atoms with Crippen LogP contribution in [0.4, 0.5) is 11.5 Å². The van der Waals surface area contributed by atoms with Crippen molar-refractivity contribution in [1.29, 1.82) is 0 Å². The molecule has 1 fully saturated rings. The van der Waals surface area contributed by atoms with Crippen LogP contribution in [0.2, 0.25) is 0 Å². The number of anilines is 2. The third kappa shape index (κ3) is 3.84. The third-order valence-electron chi connectivity index (χ3n) is 6.36. The van der Waals surface area contributed by atoms with Gasteiger partial charge in [0.1, 0.15) is 11.5 Å². The first-order valence-electron chi connectivity index (χ1n) is 11.0. The average molecular weight is 430 g/mol. The molecule has 32 heavy (non-hydrogen) atoms. The standard InChI is InChI=1S/C24H27N7O/c1-14-5-8-31(9-6-14)21-12-17(4-7-25-21)20-11-18-10-19(13-26-23(18)28-20)27-24(32)22-15(2)16(3)29-30-22/h4,7,10-14H,5-6,8-9H2,1-3H3,(H,26,28)(H,27,32)(H,29,30). The number of aromatic nitrogens is 5. The van der Waals surface area contributed by atoms with Gasteiger partial charge >= 0.3 is 0 Å². The van der Waals surface area contributed by atoms with Crippen molar-refractivity contribution in [2.24, 2.45) is 5.92 Å². The van der Waals surface area contributed by atoms with Gasteiger partial charge in [-0.3, -0.25) is 9.89 Å². The van der Waals surface area contributed by atoms with E-state index in [4.69, 9.17) is 0 Å². The Kier molecular flexibility index (Phi) is 5.13. The fraction of sp³-hybridized carbons (Fsp3) is 0.333. The first-order valence-corrected chi connectivity index (χ1v) is 11.0. The lowest BCUT2D eigenvalue weighted by Gasteiger charge is -2.31. The van der Waals surface area contributed by atoms with Crippen LogP contribution in [0.3, 0.4) is 0 Å². The van der Waals surface area contributed by atoms with E-state index in [-0.39, 0.29) is 5.91 Å². The molecule has 8 nitrogen and oxygen atoms in total. The lowest BCUT2D eigenvalue weighted by Crippen LogP contribution is -2.33. The molecule has 8 heteroatoms. The number of H-pyrrole nitrogens is 2. The molecule has 0 saturated carbocycles. The van der Waals surface area contributed by atoms with Gasteiger partial charge in [-0.1, -0.05) is 6.92 Å². The van der Waals surface area contributed by atoms with Crippen LogP contribution in [0.5, 0.6) is 0 Å². The highest BCUT2D eigenvalue weighted by Gasteiger charge is 2.18. The van der Waals surface area contributed by atoms with Crippen LogP contribution >= 0.6 is 0 Å². The van der Waals surface area contributed by atoms with Crippen LogP contribution in [0.15, 0.2) is 36.7 Å². The molecular weight excluding hydrogens is 402 g/mol. The van der Waals surface area contributed by atoms with E-state index in [9.17, 15) is 4.79 Å². The van der Waals surface area contributed by atoms with Gasteiger partial charge < -0.3 is 15.2 Å². The number of piperidine rings is 1. The molecule has 164 valence electrons. The lowest BCUT2D eigenvalue weighted by molar-refractivity contribution is 0.102. The van der Waals surface area contributed by atoms with Crippen molar-refractivity contribution in [3.63, 3.8) is 0 Å². The van der Waals surface area contributed by atoms with Gasteiger partial charge in [-0.05, 0) is 56.9 Å². The highest BCUT2D eigenvalue weighted by molar-refractivity contribution is 6.04. The molecule has 1 amide bonds. The van der Waals surface area contributed by atoms with Crippen LogP contribution < -0.4 is 10.2 Å². The van der Waals surface area contributed by atoms with Crippen LogP contribution in [-0.4, -0.2) is 44.1 Å². The summed E-state index contributed by atoms with van der Waals surface area (Å²) in [5.74, 6) is 1.54. The highest BCUT2D eigenvalue weighted by atomic mass is 16.1. The summed E-state index contributed by atoms with van der Waals surface area (Å²) in [5.41, 5.74) is 5.57. The summed E-state index contributed by atoms with van der Waals surface area (Å²) in [5, 5.41) is 10.8. The topological polar surface area (TPSA) is 103 Å². The number of hydrogen-bond donors (Lipinski definition) is 3. The average Bonchev–Trinajstić information content (AvgIpc) is 3.37. The smallest absolute Gasteiger partial charge is 0.276 e. The maximum Gasteiger partial charge on any atom is 0.276 e. The first kappa shape index (κ1) is 20.2. The summed E-state index contributed by atoms with van der Waals surface area (Å²) in [4.78, 5) is 27.4. The number of nitrogens with zero attached hydrogens (tertiary/aromatic N) is 4. The Labute approximate surface area is 186 Å². The van der Waals surface area contributed by atoms with E-state index in [1.165, 1.54) is 12.8 Å². The number of carbonyl (C=O) groups is 1. The van der Waals surface area contributed by atoms with Gasteiger partial charge in [-0.25, -0.2) is 9.97 Å². The van der Waals surface area contributed by atoms with Crippen LogP contribution in [-0.2, 0) is 0 Å². The van der Waals surface area contributed by atoms with Gasteiger partial charge in [0.2, 0.25) is 0 Å². The summed E-state index contributed by atoms with van der Waals surface area (Å²) in [7, 11) is 0. The van der Waals surface area contributed by atoms with Gasteiger partial charge in [0, 0.05) is 47.2 Å². The highest BCUT2D eigenvalue weighted by Crippen LogP contribution is 2.28. The molecule has 0 atom stereocenters. The van der Waals surface area contributed by atoms with Crippen molar-refractivity contribution in [3.8, 4) is 11.3 Å². The summed E-state index contributed by atoms with van der Waals surface area (Å²) < 4.78 is 0. The largest absolute Gasteiger partial charge is 0.357 e. The predicted octanol–water partition coefficient (Wildman–Crippen LogP) is 4.45. The third-order valence-corrected chi connectivity index (χ3v) is 6.36. The number of pyridine rings is 2. The van der Waals surface area contributed by atoms with Crippen molar-refractivity contribution in [1.82, 2.24) is 25.1 Å². The minimum Gasteiger partial charge on any atom is -0.357 e. The fourth-order valence-corrected chi connectivity index (χ4v) is 4.13. The quantitative estimate of drug-likeness (QED) is 0.445. The normalized spacial score (nSPS) is 14.8. The number of hydrogen-bond acceptors (Lipinski definition) is 5. The van der Waals surface area contributed by atoms with Gasteiger partial charge in [0.25, 0.3) is 5.91 Å². The molecule has 1 aliphatic rings. The molecule has 4 aromatic heterocycles. The monoisotopic (exact) mass is 429 g/mol. The Morgan fingerprint density at radius 2 is 1.97 bits per heavy atom. The summed E-state index contributed by atoms with van der Waals surface area (Å²) in [6.45, 7) is 8.17. The zero-order chi connectivity index (χ0) is 22.2. The van der Waals surface area contributed by atoms with E-state index < -0.39 is 0 Å². The second kappa shape index (κ2) is 8.11. The van der Waals surface area contributed by atoms with Crippen molar-refractivity contribution in [2.75, 3.05) is 23.3 Å². The fourth-order valence-electron chi connectivity index (χ4n) is 4.13. The van der Waals surface area contributed by atoms with E-state index in [0.29, 0.717) is 11.4 Å². The Bertz CT molecular complexity index is 1280. The zero-order valence-corrected chi connectivity index (χ0v) is 18.6. The van der Waals surface area contributed by atoms with E-state index in [1.54, 1.807) is 6.20 Å². The van der Waals surface area contributed by atoms with E-state index in [0.717, 1.165) is 58.4 Å². The van der Waals surface area contributed by atoms with E-state index >= 15 is 0 Å². The van der Waals surface area contributed by atoms with Gasteiger partial charge in [-0.2, -0.15) is 5.10 Å². The number of fused-ring (bicyclic) bond motifs is 1. The molecular formula is C24H27N7O. The first-order chi connectivity index (χ1) is 15.5. The Morgan fingerprint density at radius 3 is 2.72 bits per heavy atom. The molecule has 3 N–H and O–H groups in total. The van der Waals surface area contributed by atoms with Gasteiger partial charge in [-0.15, -0.1) is 0 Å². The molecule has 1 saturated heterocycles. The zero-order valence-electron chi connectivity index (χ0n) is 18.6. The molecule has 0 aromatic carbocycles. The second-order valence-electron chi connectivity index (χ2n) is 8.69.